The number of pyridine rings is 1. The molecule has 1 amide bonds. The molecule has 1 aliphatic rings. The van der Waals surface area contributed by atoms with Crippen molar-refractivity contribution in [2.24, 2.45) is 0 Å². The van der Waals surface area contributed by atoms with Crippen LogP contribution in [0.25, 0.3) is 17.0 Å². The van der Waals surface area contributed by atoms with Crippen LogP contribution in [0, 0.1) is 10.1 Å². The van der Waals surface area contributed by atoms with Crippen LogP contribution < -0.4 is 15.5 Å². The number of rotatable bonds is 7. The largest absolute Gasteiger partial charge is 0.377 e. The lowest BCUT2D eigenvalue weighted by molar-refractivity contribution is -0.385. The zero-order valence-corrected chi connectivity index (χ0v) is 19.4. The molecule has 1 aliphatic carbocycles. The predicted octanol–water partition coefficient (Wildman–Crippen LogP) is 4.76. The Kier molecular flexibility index (Phi) is 7.06. The first-order valence-corrected chi connectivity index (χ1v) is 11.5. The van der Waals surface area contributed by atoms with E-state index in [0.717, 1.165) is 48.1 Å². The molecule has 2 aromatic carbocycles. The molecule has 0 spiro atoms. The summed E-state index contributed by atoms with van der Waals surface area (Å²) in [5, 5.41) is 18.8. The van der Waals surface area contributed by atoms with E-state index in [9.17, 15) is 14.9 Å². The van der Waals surface area contributed by atoms with Gasteiger partial charge in [0.05, 0.1) is 16.0 Å². The van der Waals surface area contributed by atoms with Crippen molar-refractivity contribution >= 4 is 40.1 Å². The Morgan fingerprint density at radius 1 is 1.06 bits per heavy atom. The second-order valence-corrected chi connectivity index (χ2v) is 8.79. The number of anilines is 2. The molecule has 1 heterocycles. The van der Waals surface area contributed by atoms with Crippen LogP contribution in [0.3, 0.4) is 0 Å². The molecule has 176 valence electrons. The molecule has 0 unspecified atom stereocenters. The molecular weight excluding hydrogens is 430 g/mol. The summed E-state index contributed by atoms with van der Waals surface area (Å²) in [6, 6.07) is 17.0. The summed E-state index contributed by atoms with van der Waals surface area (Å²) in [5.41, 5.74) is 2.48. The van der Waals surface area contributed by atoms with Gasteiger partial charge in [0.2, 0.25) is 5.91 Å². The molecule has 1 saturated carbocycles. The highest BCUT2D eigenvalue weighted by Gasteiger charge is 2.22. The molecule has 8 nitrogen and oxygen atoms in total. The van der Waals surface area contributed by atoms with E-state index in [1.54, 1.807) is 18.2 Å². The Balaban J connectivity index is 1.33. The van der Waals surface area contributed by atoms with E-state index in [-0.39, 0.29) is 17.6 Å². The number of benzene rings is 2. The molecule has 0 atom stereocenters. The first-order valence-electron chi connectivity index (χ1n) is 11.5. The van der Waals surface area contributed by atoms with E-state index in [0.29, 0.717) is 11.6 Å². The Bertz CT molecular complexity index is 1220. The van der Waals surface area contributed by atoms with Crippen molar-refractivity contribution in [3.63, 3.8) is 0 Å². The smallest absolute Gasteiger partial charge is 0.276 e. The van der Waals surface area contributed by atoms with Crippen LogP contribution in [0.2, 0.25) is 0 Å². The topological polar surface area (TPSA) is 100 Å². The zero-order chi connectivity index (χ0) is 24.1. The number of nitrogens with one attached hydrogen (secondary N) is 2. The highest BCUT2D eigenvalue weighted by molar-refractivity contribution is 5.93. The quantitative estimate of drug-likeness (QED) is 0.300. The van der Waals surface area contributed by atoms with Crippen molar-refractivity contribution in [1.82, 2.24) is 10.3 Å². The van der Waals surface area contributed by atoms with Crippen LogP contribution in [-0.4, -0.2) is 42.0 Å². The van der Waals surface area contributed by atoms with Crippen molar-refractivity contribution in [2.75, 3.05) is 24.3 Å². The maximum absolute atomic E-state index is 12.4. The van der Waals surface area contributed by atoms with Gasteiger partial charge in [-0.15, -0.1) is 0 Å². The minimum absolute atomic E-state index is 0.0159. The number of hydrogen-bond donors (Lipinski definition) is 2. The van der Waals surface area contributed by atoms with E-state index in [1.807, 2.05) is 32.3 Å². The molecule has 4 rings (SSSR count). The molecule has 8 heteroatoms. The van der Waals surface area contributed by atoms with Crippen molar-refractivity contribution in [2.45, 2.75) is 37.8 Å². The number of carbonyl (C=O) groups is 1. The molecular formula is C26H29N5O3. The molecule has 0 bridgehead atoms. The number of amides is 1. The summed E-state index contributed by atoms with van der Waals surface area (Å²) in [4.78, 5) is 29.9. The monoisotopic (exact) mass is 459 g/mol. The Morgan fingerprint density at radius 3 is 2.47 bits per heavy atom. The summed E-state index contributed by atoms with van der Waals surface area (Å²) < 4.78 is 0. The van der Waals surface area contributed by atoms with Crippen molar-refractivity contribution < 1.29 is 9.72 Å². The van der Waals surface area contributed by atoms with Gasteiger partial charge in [0.15, 0.2) is 0 Å². The SMILES string of the molecule is CN(C)c1cc(N[C@H]2CC[C@@H](NC(=O)/C=C/c3ccccc3[N+](=O)[O-])CC2)nc2ccccc12. The number of fused-ring (bicyclic) bond motifs is 1. The highest BCUT2D eigenvalue weighted by atomic mass is 16.6. The lowest BCUT2D eigenvalue weighted by atomic mass is 9.91. The average Bonchev–Trinajstić information content (AvgIpc) is 2.83. The first kappa shape index (κ1) is 23.2. The van der Waals surface area contributed by atoms with Gasteiger partial charge >= 0.3 is 0 Å². The van der Waals surface area contributed by atoms with Crippen molar-refractivity contribution in [3.05, 3.63) is 76.4 Å². The number of nitro benzene ring substituents is 1. The van der Waals surface area contributed by atoms with Crippen molar-refractivity contribution in [1.29, 1.82) is 0 Å². The van der Waals surface area contributed by atoms with Gasteiger partial charge in [0.25, 0.3) is 5.69 Å². The summed E-state index contributed by atoms with van der Waals surface area (Å²) in [6.45, 7) is 0. The van der Waals surface area contributed by atoms with Crippen LogP contribution in [0.1, 0.15) is 31.2 Å². The summed E-state index contributed by atoms with van der Waals surface area (Å²) in [6.07, 6.45) is 6.42. The number of hydrogen-bond acceptors (Lipinski definition) is 6. The molecule has 3 aromatic rings. The van der Waals surface area contributed by atoms with E-state index in [1.165, 1.54) is 18.2 Å². The number of nitrogens with zero attached hydrogens (tertiary/aromatic N) is 3. The number of nitro groups is 1. The Morgan fingerprint density at radius 2 is 1.74 bits per heavy atom. The molecule has 0 radical (unpaired) electrons. The van der Waals surface area contributed by atoms with E-state index < -0.39 is 4.92 Å². The van der Waals surface area contributed by atoms with Gasteiger partial charge in [-0.3, -0.25) is 14.9 Å². The van der Waals surface area contributed by atoms with Gasteiger partial charge in [-0.25, -0.2) is 4.98 Å². The number of carbonyl (C=O) groups excluding carboxylic acids is 1. The Labute approximate surface area is 198 Å². The molecule has 2 N–H and O–H groups in total. The fourth-order valence-corrected chi connectivity index (χ4v) is 4.40. The van der Waals surface area contributed by atoms with Gasteiger partial charge in [-0.05, 0) is 43.9 Å². The van der Waals surface area contributed by atoms with Gasteiger partial charge in [0, 0.05) is 55.5 Å². The third-order valence-corrected chi connectivity index (χ3v) is 6.15. The second kappa shape index (κ2) is 10.3. The molecule has 34 heavy (non-hydrogen) atoms. The summed E-state index contributed by atoms with van der Waals surface area (Å²) in [5.74, 6) is 0.628. The van der Waals surface area contributed by atoms with Crippen LogP contribution in [0.15, 0.2) is 60.7 Å². The molecule has 1 aromatic heterocycles. The highest BCUT2D eigenvalue weighted by Crippen LogP contribution is 2.29. The maximum atomic E-state index is 12.4. The van der Waals surface area contributed by atoms with E-state index >= 15 is 0 Å². The van der Waals surface area contributed by atoms with Gasteiger partial charge in [-0.1, -0.05) is 30.3 Å². The lowest BCUT2D eigenvalue weighted by Gasteiger charge is -2.30. The fraction of sp³-hybridized carbons (Fsp3) is 0.308. The van der Waals surface area contributed by atoms with Gasteiger partial charge in [0.1, 0.15) is 5.82 Å². The normalized spacial score (nSPS) is 18.1. The number of aromatic nitrogens is 1. The Hall–Kier alpha value is -3.94. The van der Waals surface area contributed by atoms with Crippen LogP contribution >= 0.6 is 0 Å². The van der Waals surface area contributed by atoms with E-state index in [2.05, 4.69) is 27.7 Å². The van der Waals surface area contributed by atoms with Gasteiger partial charge < -0.3 is 15.5 Å². The van der Waals surface area contributed by atoms with Crippen LogP contribution in [0.4, 0.5) is 17.2 Å². The molecule has 0 aliphatic heterocycles. The number of para-hydroxylation sites is 2. The lowest BCUT2D eigenvalue weighted by Crippen LogP contribution is -2.39. The summed E-state index contributed by atoms with van der Waals surface area (Å²) >= 11 is 0. The summed E-state index contributed by atoms with van der Waals surface area (Å²) in [7, 11) is 4.06. The molecule has 1 fully saturated rings. The van der Waals surface area contributed by atoms with Crippen molar-refractivity contribution in [3.8, 4) is 0 Å². The predicted molar refractivity (Wildman–Crippen MR) is 136 cm³/mol. The second-order valence-electron chi connectivity index (χ2n) is 8.79. The first-order chi connectivity index (χ1) is 16.4. The maximum Gasteiger partial charge on any atom is 0.276 e. The zero-order valence-electron chi connectivity index (χ0n) is 19.4. The van der Waals surface area contributed by atoms with Gasteiger partial charge in [-0.2, -0.15) is 0 Å². The van der Waals surface area contributed by atoms with E-state index in [4.69, 9.17) is 4.98 Å². The van der Waals surface area contributed by atoms with Crippen LogP contribution in [0.5, 0.6) is 0 Å². The fourth-order valence-electron chi connectivity index (χ4n) is 4.40. The molecule has 0 saturated heterocycles. The standard InChI is InChI=1S/C26H29N5O3/c1-30(2)24-17-25(29-22-9-5-4-8-21(22)24)27-19-12-14-20(15-13-19)28-26(32)16-11-18-7-3-6-10-23(18)31(33)34/h3-11,16-17,19-20H,12-15H2,1-2H3,(H,27,29)(H,28,32)/b16-11+/t19-,20+. The minimum Gasteiger partial charge on any atom is -0.377 e. The van der Waals surface area contributed by atoms with Crippen LogP contribution in [-0.2, 0) is 4.79 Å². The third kappa shape index (κ3) is 5.51. The minimum atomic E-state index is -0.447. The third-order valence-electron chi connectivity index (χ3n) is 6.15. The average molecular weight is 460 g/mol.